The van der Waals surface area contributed by atoms with Gasteiger partial charge in [0.2, 0.25) is 0 Å². The number of ketones is 1. The fourth-order valence-electron chi connectivity index (χ4n) is 1.58. The van der Waals surface area contributed by atoms with Gasteiger partial charge in [0.05, 0.1) is 18.8 Å². The quantitative estimate of drug-likeness (QED) is 0.707. The molecule has 14 heavy (non-hydrogen) atoms. The number of Topliss-reactive ketones (excluding diaryl/α,β-unsaturated/α-hetero) is 1. The zero-order valence-corrected chi connectivity index (χ0v) is 8.16. The Balaban J connectivity index is 2.50. The fraction of sp³-hybridized carbons (Fsp3) is 0.778. The van der Waals surface area contributed by atoms with Gasteiger partial charge in [-0.05, 0) is 6.42 Å². The Kier molecular flexibility index (Phi) is 3.88. The zero-order chi connectivity index (χ0) is 10.6. The molecule has 2 atom stereocenters. The van der Waals surface area contributed by atoms with Crippen molar-refractivity contribution >= 4 is 11.9 Å². The molecule has 5 heteroatoms. The van der Waals surface area contributed by atoms with Crippen molar-refractivity contribution in [1.29, 1.82) is 0 Å². The van der Waals surface area contributed by atoms with Crippen LogP contribution in [0.1, 0.15) is 26.2 Å². The van der Waals surface area contributed by atoms with Gasteiger partial charge in [0.25, 0.3) is 0 Å². The third kappa shape index (κ3) is 2.99. The largest absolute Gasteiger partial charge is 0.465 e. The third-order valence-corrected chi connectivity index (χ3v) is 2.34. The van der Waals surface area contributed by atoms with Crippen molar-refractivity contribution < 1.29 is 19.4 Å². The number of amides is 1. The number of hydrogen-bond donors (Lipinski definition) is 2. The Morgan fingerprint density at radius 3 is 3.00 bits per heavy atom. The molecule has 0 aromatic rings. The highest BCUT2D eigenvalue weighted by atomic mass is 16.5. The van der Waals surface area contributed by atoms with Crippen molar-refractivity contribution in [1.82, 2.24) is 5.32 Å². The first kappa shape index (κ1) is 11.0. The molecule has 0 bridgehead atoms. The summed E-state index contributed by atoms with van der Waals surface area (Å²) in [6, 6.07) is -0.281. The van der Waals surface area contributed by atoms with E-state index in [1.807, 2.05) is 6.92 Å². The van der Waals surface area contributed by atoms with Gasteiger partial charge in [-0.15, -0.1) is 0 Å². The average Bonchev–Trinajstić information content (AvgIpc) is 2.14. The number of carboxylic acid groups (broad SMARTS) is 1. The van der Waals surface area contributed by atoms with Crippen molar-refractivity contribution in [2.45, 2.75) is 38.3 Å². The summed E-state index contributed by atoms with van der Waals surface area (Å²) >= 11 is 0. The molecule has 1 heterocycles. The second-order valence-corrected chi connectivity index (χ2v) is 3.37. The van der Waals surface area contributed by atoms with Crippen LogP contribution >= 0.6 is 0 Å². The highest BCUT2D eigenvalue weighted by molar-refractivity contribution is 5.79. The van der Waals surface area contributed by atoms with Crippen LogP contribution in [0.25, 0.3) is 0 Å². The highest BCUT2D eigenvalue weighted by Gasteiger charge is 2.27. The number of carbonyl (C=O) groups excluding carboxylic acids is 1. The first-order valence-electron chi connectivity index (χ1n) is 4.76. The Labute approximate surface area is 82.4 Å². The van der Waals surface area contributed by atoms with Crippen LogP contribution in [-0.4, -0.2) is 35.7 Å². The standard InChI is InChI=1S/C9H15NO4/c1-2-7(10-9(12)13)8-5-6(11)3-4-14-8/h7-8,10H,2-5H2,1H3,(H,12,13). The lowest BCUT2D eigenvalue weighted by Crippen LogP contribution is -2.46. The van der Waals surface area contributed by atoms with Crippen molar-refractivity contribution in [3.63, 3.8) is 0 Å². The van der Waals surface area contributed by atoms with Crippen LogP contribution in [0.4, 0.5) is 4.79 Å². The topological polar surface area (TPSA) is 75.6 Å². The van der Waals surface area contributed by atoms with Crippen LogP contribution in [0.15, 0.2) is 0 Å². The first-order valence-corrected chi connectivity index (χ1v) is 4.76. The molecule has 0 radical (unpaired) electrons. The van der Waals surface area contributed by atoms with Crippen LogP contribution < -0.4 is 5.32 Å². The molecule has 1 amide bonds. The molecule has 1 saturated heterocycles. The van der Waals surface area contributed by atoms with E-state index in [1.54, 1.807) is 0 Å². The summed E-state index contributed by atoms with van der Waals surface area (Å²) in [5.41, 5.74) is 0. The maximum atomic E-state index is 11.1. The van der Waals surface area contributed by atoms with E-state index in [4.69, 9.17) is 9.84 Å². The maximum Gasteiger partial charge on any atom is 0.404 e. The lowest BCUT2D eigenvalue weighted by Gasteiger charge is -2.28. The molecular weight excluding hydrogens is 186 g/mol. The Hall–Kier alpha value is -1.10. The van der Waals surface area contributed by atoms with Gasteiger partial charge in [-0.1, -0.05) is 6.92 Å². The third-order valence-electron chi connectivity index (χ3n) is 2.34. The number of nitrogens with one attached hydrogen (secondary N) is 1. The van der Waals surface area contributed by atoms with Gasteiger partial charge >= 0.3 is 6.09 Å². The minimum atomic E-state index is -1.07. The zero-order valence-electron chi connectivity index (χ0n) is 8.16. The van der Waals surface area contributed by atoms with Crippen LogP contribution in [0.2, 0.25) is 0 Å². The smallest absolute Gasteiger partial charge is 0.404 e. The minimum Gasteiger partial charge on any atom is -0.465 e. The van der Waals surface area contributed by atoms with Crippen molar-refractivity contribution in [3.05, 3.63) is 0 Å². The van der Waals surface area contributed by atoms with Crippen molar-refractivity contribution in [2.24, 2.45) is 0 Å². The summed E-state index contributed by atoms with van der Waals surface area (Å²) < 4.78 is 5.36. The molecule has 1 fully saturated rings. The van der Waals surface area contributed by atoms with Gasteiger partial charge in [-0.25, -0.2) is 4.79 Å². The molecule has 0 aliphatic carbocycles. The predicted molar refractivity (Wildman–Crippen MR) is 49.2 cm³/mol. The van der Waals surface area contributed by atoms with Crippen molar-refractivity contribution in [2.75, 3.05) is 6.61 Å². The Morgan fingerprint density at radius 2 is 2.50 bits per heavy atom. The summed E-state index contributed by atoms with van der Waals surface area (Å²) in [6.45, 7) is 2.27. The monoisotopic (exact) mass is 201 g/mol. The van der Waals surface area contributed by atoms with E-state index in [0.29, 0.717) is 25.9 Å². The van der Waals surface area contributed by atoms with Gasteiger partial charge in [0.15, 0.2) is 0 Å². The molecule has 2 N–H and O–H groups in total. The molecule has 5 nitrogen and oxygen atoms in total. The molecule has 0 spiro atoms. The minimum absolute atomic E-state index is 0.145. The predicted octanol–water partition coefficient (Wildman–Crippen LogP) is 0.781. The van der Waals surface area contributed by atoms with Crippen LogP contribution in [0, 0.1) is 0 Å². The van der Waals surface area contributed by atoms with E-state index in [9.17, 15) is 9.59 Å². The summed E-state index contributed by atoms with van der Waals surface area (Å²) in [5, 5.41) is 10.9. The number of hydrogen-bond acceptors (Lipinski definition) is 3. The molecule has 0 aromatic heterocycles. The fourth-order valence-corrected chi connectivity index (χ4v) is 1.58. The summed E-state index contributed by atoms with van der Waals surface area (Å²) in [4.78, 5) is 21.6. The molecule has 1 rings (SSSR count). The van der Waals surface area contributed by atoms with E-state index >= 15 is 0 Å². The van der Waals surface area contributed by atoms with Gasteiger partial charge in [-0.3, -0.25) is 4.79 Å². The molecule has 0 saturated carbocycles. The molecule has 1 aliphatic rings. The average molecular weight is 201 g/mol. The molecule has 2 unspecified atom stereocenters. The number of ether oxygens (including phenoxy) is 1. The van der Waals surface area contributed by atoms with Crippen LogP contribution in [0.3, 0.4) is 0 Å². The maximum absolute atomic E-state index is 11.1. The number of carbonyl (C=O) groups is 2. The van der Waals surface area contributed by atoms with E-state index in [-0.39, 0.29) is 17.9 Å². The first-order chi connectivity index (χ1) is 6.63. The molecule has 0 aromatic carbocycles. The second-order valence-electron chi connectivity index (χ2n) is 3.37. The molecular formula is C9H15NO4. The number of rotatable bonds is 3. The SMILES string of the molecule is CCC(NC(=O)O)C1CC(=O)CCO1. The summed E-state index contributed by atoms with van der Waals surface area (Å²) in [7, 11) is 0. The van der Waals surface area contributed by atoms with Gasteiger partial charge in [-0.2, -0.15) is 0 Å². The van der Waals surface area contributed by atoms with Gasteiger partial charge in [0.1, 0.15) is 5.78 Å². The molecule has 80 valence electrons. The lowest BCUT2D eigenvalue weighted by atomic mass is 9.99. The lowest BCUT2D eigenvalue weighted by molar-refractivity contribution is -0.129. The van der Waals surface area contributed by atoms with Gasteiger partial charge < -0.3 is 15.2 Å². The summed E-state index contributed by atoms with van der Waals surface area (Å²) in [5.74, 6) is 0.145. The van der Waals surface area contributed by atoms with E-state index in [1.165, 1.54) is 0 Å². The van der Waals surface area contributed by atoms with Crippen LogP contribution in [-0.2, 0) is 9.53 Å². The summed E-state index contributed by atoms with van der Waals surface area (Å²) in [6.07, 6.45) is 0.0269. The van der Waals surface area contributed by atoms with Gasteiger partial charge in [0, 0.05) is 12.8 Å². The van der Waals surface area contributed by atoms with Crippen LogP contribution in [0.5, 0.6) is 0 Å². The Bertz CT molecular complexity index is 227. The van der Waals surface area contributed by atoms with E-state index in [0.717, 1.165) is 0 Å². The normalized spacial score (nSPS) is 24.4. The van der Waals surface area contributed by atoms with E-state index < -0.39 is 6.09 Å². The Morgan fingerprint density at radius 1 is 1.79 bits per heavy atom. The second kappa shape index (κ2) is 4.95. The molecule has 1 aliphatic heterocycles. The highest BCUT2D eigenvalue weighted by Crippen LogP contribution is 2.15. The van der Waals surface area contributed by atoms with Crippen molar-refractivity contribution in [3.8, 4) is 0 Å². The van der Waals surface area contributed by atoms with E-state index in [2.05, 4.69) is 5.32 Å².